The van der Waals surface area contributed by atoms with E-state index >= 15 is 0 Å². The Labute approximate surface area is 206 Å². The average Bonchev–Trinajstić information content (AvgIpc) is 3.46. The SMILES string of the molecule is Cc1cc(C(=O)CSc2nnc(C3COc4ccccc4O3)o2)c(C)n1CCc1ccc(F)cc1. The normalized spacial score (nSPS) is 14.8. The Balaban J connectivity index is 1.19. The van der Waals surface area contributed by atoms with Crippen molar-refractivity contribution >= 4 is 17.5 Å². The number of thioether (sulfide) groups is 1. The van der Waals surface area contributed by atoms with Gasteiger partial charge in [0.15, 0.2) is 17.3 Å². The molecule has 0 bridgehead atoms. The van der Waals surface area contributed by atoms with Crippen molar-refractivity contribution < 1.29 is 23.1 Å². The molecule has 1 unspecified atom stereocenters. The third-order valence-electron chi connectivity index (χ3n) is 5.94. The highest BCUT2D eigenvalue weighted by molar-refractivity contribution is 7.99. The van der Waals surface area contributed by atoms with Gasteiger partial charge in [-0.1, -0.05) is 36.0 Å². The van der Waals surface area contributed by atoms with E-state index in [0.717, 1.165) is 23.4 Å². The summed E-state index contributed by atoms with van der Waals surface area (Å²) in [7, 11) is 0. The van der Waals surface area contributed by atoms with E-state index in [1.807, 2.05) is 44.2 Å². The Morgan fingerprint density at radius 1 is 1.11 bits per heavy atom. The standard InChI is InChI=1S/C26H24FN3O4S/c1-16-13-20(17(2)30(16)12-11-18-7-9-19(27)10-8-18)21(31)15-35-26-29-28-25(34-26)24-14-32-22-5-3-4-6-23(22)33-24/h3-10,13,24H,11-12,14-15H2,1-2H3. The lowest BCUT2D eigenvalue weighted by molar-refractivity contribution is 0.0686. The number of aromatic nitrogens is 3. The fraction of sp³-hybridized carbons (Fsp3) is 0.269. The molecule has 4 aromatic rings. The van der Waals surface area contributed by atoms with E-state index in [1.54, 1.807) is 12.1 Å². The van der Waals surface area contributed by atoms with Crippen LogP contribution in [0.4, 0.5) is 4.39 Å². The van der Waals surface area contributed by atoms with Crippen LogP contribution in [-0.2, 0) is 13.0 Å². The number of para-hydroxylation sites is 2. The summed E-state index contributed by atoms with van der Waals surface area (Å²) in [5.41, 5.74) is 3.64. The largest absolute Gasteiger partial charge is 0.485 e. The van der Waals surface area contributed by atoms with Crippen LogP contribution in [0.1, 0.15) is 39.3 Å². The molecule has 0 amide bonds. The Morgan fingerprint density at radius 3 is 2.69 bits per heavy atom. The smallest absolute Gasteiger partial charge is 0.277 e. The summed E-state index contributed by atoms with van der Waals surface area (Å²) in [5, 5.41) is 8.44. The van der Waals surface area contributed by atoms with Gasteiger partial charge in [-0.25, -0.2) is 4.39 Å². The maximum Gasteiger partial charge on any atom is 0.277 e. The van der Waals surface area contributed by atoms with Crippen LogP contribution in [0.2, 0.25) is 0 Å². The first-order valence-electron chi connectivity index (χ1n) is 11.3. The van der Waals surface area contributed by atoms with Gasteiger partial charge >= 0.3 is 0 Å². The lowest BCUT2D eigenvalue weighted by Crippen LogP contribution is -2.21. The molecule has 3 heterocycles. The number of carbonyl (C=O) groups is 1. The third-order valence-corrected chi connectivity index (χ3v) is 6.76. The molecular weight excluding hydrogens is 469 g/mol. The van der Waals surface area contributed by atoms with Crippen molar-refractivity contribution in [3.05, 3.63) is 88.8 Å². The van der Waals surface area contributed by atoms with Crippen molar-refractivity contribution in [2.24, 2.45) is 0 Å². The van der Waals surface area contributed by atoms with Crippen LogP contribution in [0, 0.1) is 19.7 Å². The topological polar surface area (TPSA) is 79.4 Å². The first kappa shape index (κ1) is 23.2. The second kappa shape index (κ2) is 9.95. The van der Waals surface area contributed by atoms with E-state index in [2.05, 4.69) is 14.8 Å². The number of carbonyl (C=O) groups excluding carboxylic acids is 1. The molecule has 7 nitrogen and oxygen atoms in total. The zero-order valence-electron chi connectivity index (χ0n) is 19.4. The zero-order valence-corrected chi connectivity index (χ0v) is 20.2. The van der Waals surface area contributed by atoms with Gasteiger partial charge in [0, 0.05) is 23.5 Å². The summed E-state index contributed by atoms with van der Waals surface area (Å²) < 4.78 is 32.6. The summed E-state index contributed by atoms with van der Waals surface area (Å²) in [6.45, 7) is 4.91. The minimum Gasteiger partial charge on any atom is -0.485 e. The molecule has 2 aromatic carbocycles. The first-order valence-corrected chi connectivity index (χ1v) is 12.3. The number of rotatable bonds is 8. The van der Waals surface area contributed by atoms with Gasteiger partial charge < -0.3 is 18.5 Å². The van der Waals surface area contributed by atoms with Crippen LogP contribution in [0.25, 0.3) is 0 Å². The quantitative estimate of drug-likeness (QED) is 0.242. The molecule has 0 N–H and O–H groups in total. The Bertz CT molecular complexity index is 1350. The van der Waals surface area contributed by atoms with Gasteiger partial charge in [0.2, 0.25) is 6.10 Å². The van der Waals surface area contributed by atoms with Crippen LogP contribution in [0.5, 0.6) is 11.5 Å². The van der Waals surface area contributed by atoms with Crippen LogP contribution in [0.15, 0.2) is 64.2 Å². The van der Waals surface area contributed by atoms with E-state index < -0.39 is 6.10 Å². The molecule has 0 saturated heterocycles. The second-order valence-electron chi connectivity index (χ2n) is 8.30. The summed E-state index contributed by atoms with van der Waals surface area (Å²) >= 11 is 1.20. The van der Waals surface area contributed by atoms with E-state index in [1.165, 1.54) is 23.9 Å². The van der Waals surface area contributed by atoms with Crippen LogP contribution < -0.4 is 9.47 Å². The Hall–Kier alpha value is -3.59. The monoisotopic (exact) mass is 493 g/mol. The molecule has 0 radical (unpaired) electrons. The van der Waals surface area contributed by atoms with Gasteiger partial charge in [-0.2, -0.15) is 0 Å². The molecule has 1 atom stereocenters. The fourth-order valence-corrected chi connectivity index (χ4v) is 4.73. The van der Waals surface area contributed by atoms with Gasteiger partial charge in [-0.3, -0.25) is 4.79 Å². The number of Topliss-reactive ketones (excluding diaryl/α,β-unsaturated/α-hetero) is 1. The molecule has 1 aliphatic rings. The number of nitrogens with zero attached hydrogens (tertiary/aromatic N) is 3. The lowest BCUT2D eigenvalue weighted by atomic mass is 10.1. The summed E-state index contributed by atoms with van der Waals surface area (Å²) in [4.78, 5) is 13.0. The number of ketones is 1. The van der Waals surface area contributed by atoms with E-state index in [4.69, 9.17) is 13.9 Å². The molecular formula is C26H24FN3O4S. The Kier molecular flexibility index (Phi) is 6.59. The van der Waals surface area contributed by atoms with Crippen molar-refractivity contribution in [3.63, 3.8) is 0 Å². The maximum atomic E-state index is 13.1. The maximum absolute atomic E-state index is 13.1. The number of ether oxygens (including phenoxy) is 2. The molecule has 35 heavy (non-hydrogen) atoms. The number of benzene rings is 2. The van der Waals surface area contributed by atoms with Crippen LogP contribution in [-0.4, -0.2) is 32.9 Å². The summed E-state index contributed by atoms with van der Waals surface area (Å²) in [6, 6.07) is 15.8. The van der Waals surface area contributed by atoms with Gasteiger partial charge in [-0.15, -0.1) is 10.2 Å². The van der Waals surface area contributed by atoms with Crippen molar-refractivity contribution in [1.82, 2.24) is 14.8 Å². The van der Waals surface area contributed by atoms with Crippen molar-refractivity contribution in [1.29, 1.82) is 0 Å². The molecule has 0 fully saturated rings. The number of halogens is 1. The number of aryl methyl sites for hydroxylation is 2. The average molecular weight is 494 g/mol. The number of fused-ring (bicyclic) bond motifs is 1. The van der Waals surface area contributed by atoms with E-state index in [9.17, 15) is 9.18 Å². The molecule has 9 heteroatoms. The predicted molar refractivity (Wildman–Crippen MR) is 129 cm³/mol. The highest BCUT2D eigenvalue weighted by Gasteiger charge is 2.27. The fourth-order valence-electron chi connectivity index (χ4n) is 4.07. The van der Waals surface area contributed by atoms with Gasteiger partial charge in [0.05, 0.1) is 5.75 Å². The molecule has 0 spiro atoms. The molecule has 180 valence electrons. The second-order valence-corrected chi connectivity index (χ2v) is 9.22. The highest BCUT2D eigenvalue weighted by Crippen LogP contribution is 2.36. The molecule has 1 aliphatic heterocycles. The first-order chi connectivity index (χ1) is 17.0. The van der Waals surface area contributed by atoms with Crippen LogP contribution >= 0.6 is 11.8 Å². The highest BCUT2D eigenvalue weighted by atomic mass is 32.2. The van der Waals surface area contributed by atoms with E-state index in [0.29, 0.717) is 34.7 Å². The molecule has 0 saturated carbocycles. The predicted octanol–water partition coefficient (Wildman–Crippen LogP) is 5.36. The molecule has 5 rings (SSSR count). The zero-order chi connectivity index (χ0) is 24.4. The summed E-state index contributed by atoms with van der Waals surface area (Å²) in [6.07, 6.45) is 0.254. The molecule has 2 aromatic heterocycles. The molecule has 0 aliphatic carbocycles. The van der Waals surface area contributed by atoms with Gasteiger partial charge in [-0.05, 0) is 56.2 Å². The van der Waals surface area contributed by atoms with Crippen LogP contribution in [0.3, 0.4) is 0 Å². The number of hydrogen-bond donors (Lipinski definition) is 0. The van der Waals surface area contributed by atoms with Crippen molar-refractivity contribution in [3.8, 4) is 11.5 Å². The minimum atomic E-state index is -0.498. The van der Waals surface area contributed by atoms with Crippen molar-refractivity contribution in [2.75, 3.05) is 12.4 Å². The Morgan fingerprint density at radius 2 is 1.89 bits per heavy atom. The van der Waals surface area contributed by atoms with Gasteiger partial charge in [0.25, 0.3) is 11.1 Å². The number of hydrogen-bond acceptors (Lipinski definition) is 7. The summed E-state index contributed by atoms with van der Waals surface area (Å²) in [5.74, 6) is 1.54. The lowest BCUT2D eigenvalue weighted by Gasteiger charge is -2.23. The van der Waals surface area contributed by atoms with E-state index in [-0.39, 0.29) is 24.0 Å². The van der Waals surface area contributed by atoms with Gasteiger partial charge in [0.1, 0.15) is 12.4 Å². The van der Waals surface area contributed by atoms with Crippen molar-refractivity contribution in [2.45, 2.75) is 38.1 Å². The third kappa shape index (κ3) is 5.09. The minimum absolute atomic E-state index is 0.0120.